The van der Waals surface area contributed by atoms with Gasteiger partial charge in [-0.25, -0.2) is 4.99 Å². The molecule has 3 heterocycles. The first-order valence-corrected chi connectivity index (χ1v) is 8.34. The molecule has 1 aromatic carbocycles. The highest BCUT2D eigenvalue weighted by Gasteiger charge is 2.60. The van der Waals surface area contributed by atoms with Gasteiger partial charge in [-0.15, -0.1) is 0 Å². The molecule has 0 radical (unpaired) electrons. The van der Waals surface area contributed by atoms with Gasteiger partial charge in [-0.3, -0.25) is 9.89 Å². The lowest BCUT2D eigenvalue weighted by molar-refractivity contribution is -0.132. The number of nitrogens with two attached hydrogens (primary N) is 1. The van der Waals surface area contributed by atoms with Crippen molar-refractivity contribution < 1.29 is 23.0 Å². The molecule has 1 atom stereocenters. The number of alkyl halides is 2. The summed E-state index contributed by atoms with van der Waals surface area (Å²) in [6.07, 6.45) is 1.20. The Kier molecular flexibility index (Phi) is 3.95. The summed E-state index contributed by atoms with van der Waals surface area (Å²) < 4.78 is 39.8. The van der Waals surface area contributed by atoms with Crippen molar-refractivity contribution in [2.45, 2.75) is 17.9 Å². The zero-order chi connectivity index (χ0) is 19.2. The Hall–Kier alpha value is -2.88. The summed E-state index contributed by atoms with van der Waals surface area (Å²) in [6, 6.07) is 4.11. The van der Waals surface area contributed by atoms with Crippen molar-refractivity contribution in [3.8, 4) is 5.75 Å². The van der Waals surface area contributed by atoms with E-state index in [0.29, 0.717) is 0 Å². The lowest BCUT2D eigenvalue weighted by atomic mass is 9.79. The number of aromatic nitrogens is 2. The number of benzene rings is 1. The minimum atomic E-state index is -3.30. The molecule has 8 nitrogen and oxygen atoms in total. The summed E-state index contributed by atoms with van der Waals surface area (Å²) in [7, 11) is 0. The van der Waals surface area contributed by atoms with E-state index in [9.17, 15) is 13.6 Å². The number of hydrogen-bond donors (Lipinski definition) is 3. The van der Waals surface area contributed by atoms with Crippen molar-refractivity contribution in [1.29, 1.82) is 0 Å². The van der Waals surface area contributed by atoms with E-state index in [2.05, 4.69) is 20.5 Å². The molecule has 0 saturated heterocycles. The topological polar surface area (TPSA) is 115 Å². The summed E-state index contributed by atoms with van der Waals surface area (Å²) in [4.78, 5) is 16.2. The predicted octanol–water partition coefficient (Wildman–Crippen LogP) is 2.27. The van der Waals surface area contributed by atoms with Gasteiger partial charge in [0.2, 0.25) is 0 Å². The fourth-order valence-corrected chi connectivity index (χ4v) is 3.38. The van der Waals surface area contributed by atoms with E-state index in [4.69, 9.17) is 26.8 Å². The van der Waals surface area contributed by atoms with Crippen molar-refractivity contribution in [2.75, 3.05) is 18.5 Å². The first-order valence-electron chi connectivity index (χ1n) is 7.96. The van der Waals surface area contributed by atoms with Gasteiger partial charge in [0, 0.05) is 17.7 Å². The van der Waals surface area contributed by atoms with Crippen molar-refractivity contribution in [2.24, 2.45) is 10.7 Å². The average Bonchev–Trinajstić information content (AvgIpc) is 3.05. The number of halogens is 3. The van der Waals surface area contributed by atoms with Crippen LogP contribution in [0.5, 0.6) is 5.75 Å². The van der Waals surface area contributed by atoms with Crippen LogP contribution >= 0.6 is 11.6 Å². The number of nitrogens with zero attached hydrogens (tertiary/aromatic N) is 2. The number of rotatable bonds is 2. The van der Waals surface area contributed by atoms with Crippen molar-refractivity contribution >= 4 is 29.2 Å². The largest absolute Gasteiger partial charge is 0.493 e. The lowest BCUT2D eigenvalue weighted by Crippen LogP contribution is -2.54. The third-order valence-electron chi connectivity index (χ3n) is 4.53. The smallest absolute Gasteiger partial charge is 0.310 e. The van der Waals surface area contributed by atoms with E-state index in [-0.39, 0.29) is 46.8 Å². The molecule has 0 bridgehead atoms. The van der Waals surface area contributed by atoms with Crippen molar-refractivity contribution in [3.63, 3.8) is 0 Å². The molecule has 27 heavy (non-hydrogen) atoms. The second-order valence-corrected chi connectivity index (χ2v) is 6.57. The minimum absolute atomic E-state index is 0.0504. The summed E-state index contributed by atoms with van der Waals surface area (Å²) in [5.41, 5.74) is 4.10. The molecular formula is C16H14ClF2N5O3. The molecule has 2 aromatic rings. The van der Waals surface area contributed by atoms with Gasteiger partial charge in [-0.2, -0.15) is 13.9 Å². The van der Waals surface area contributed by atoms with Crippen LogP contribution in [0.4, 0.5) is 14.5 Å². The van der Waals surface area contributed by atoms with Gasteiger partial charge in [0.15, 0.2) is 12.1 Å². The Morgan fingerprint density at radius 1 is 1.37 bits per heavy atom. The zero-order valence-corrected chi connectivity index (χ0v) is 14.5. The van der Waals surface area contributed by atoms with E-state index >= 15 is 0 Å². The molecule has 1 amide bonds. The number of ether oxygens (including phenoxy) is 2. The number of fused-ring (bicyclic) bond motifs is 2. The molecule has 4 N–H and O–H groups in total. The number of aliphatic imine (C=N–C) groups is 1. The van der Waals surface area contributed by atoms with Gasteiger partial charge < -0.3 is 20.5 Å². The Bertz CT molecular complexity index is 948. The molecule has 1 aromatic heterocycles. The Morgan fingerprint density at radius 3 is 2.93 bits per heavy atom. The van der Waals surface area contributed by atoms with E-state index < -0.39 is 24.0 Å². The fraction of sp³-hybridized carbons (Fsp3) is 0.312. The van der Waals surface area contributed by atoms with Crippen molar-refractivity contribution in [1.82, 2.24) is 10.2 Å². The summed E-state index contributed by atoms with van der Waals surface area (Å²) >= 11 is 5.87. The monoisotopic (exact) mass is 397 g/mol. The number of amidine groups is 1. The number of H-pyrrole nitrogens is 1. The third kappa shape index (κ3) is 2.76. The van der Waals surface area contributed by atoms with Crippen LogP contribution in [0.15, 0.2) is 29.4 Å². The molecule has 0 saturated carbocycles. The normalized spacial score (nSPS) is 23.0. The van der Waals surface area contributed by atoms with Gasteiger partial charge in [-0.05, 0) is 18.2 Å². The molecule has 4 rings (SSSR count). The third-order valence-corrected chi connectivity index (χ3v) is 4.82. The van der Waals surface area contributed by atoms with Gasteiger partial charge in [-0.1, -0.05) is 11.6 Å². The van der Waals surface area contributed by atoms with Crippen molar-refractivity contribution in [3.05, 3.63) is 40.7 Å². The number of aromatic amines is 1. The molecular weight excluding hydrogens is 384 g/mol. The highest BCUT2D eigenvalue weighted by atomic mass is 35.5. The number of hydrogen-bond acceptors (Lipinski definition) is 6. The molecule has 142 valence electrons. The Balaban J connectivity index is 1.75. The Morgan fingerprint density at radius 2 is 2.19 bits per heavy atom. The highest BCUT2D eigenvalue weighted by Crippen LogP contribution is 2.51. The number of carbonyl (C=O) groups excluding carboxylic acids is 1. The minimum Gasteiger partial charge on any atom is -0.493 e. The molecule has 2 aliphatic rings. The predicted molar refractivity (Wildman–Crippen MR) is 92.3 cm³/mol. The van der Waals surface area contributed by atoms with Gasteiger partial charge in [0.25, 0.3) is 11.9 Å². The van der Waals surface area contributed by atoms with E-state index in [1.807, 2.05) is 0 Å². The van der Waals surface area contributed by atoms with Crippen LogP contribution < -0.4 is 15.8 Å². The summed E-state index contributed by atoms with van der Waals surface area (Å²) in [6.45, 7) is -0.836. The molecule has 2 aliphatic heterocycles. The van der Waals surface area contributed by atoms with Crippen LogP contribution in [0.3, 0.4) is 0 Å². The Labute approximate surface area is 156 Å². The molecule has 0 aliphatic carbocycles. The van der Waals surface area contributed by atoms with E-state index in [1.54, 1.807) is 0 Å². The lowest BCUT2D eigenvalue weighted by Gasteiger charge is -2.43. The standard InChI is InChI=1S/C16H14ClF2N5O3/c17-10-6-21-24-12(10)13(25)22-8-1-2-11-9(5-8)15(3-4-26-11)16(18,19)7-27-14(20)23-15/h1-2,5-6H,3-4,7H2,(H2,20,23)(H,21,24)(H,22,25). The number of anilines is 1. The number of nitrogens with one attached hydrogen (secondary N) is 2. The fourth-order valence-electron chi connectivity index (χ4n) is 3.21. The first kappa shape index (κ1) is 17.5. The maximum absolute atomic E-state index is 14.8. The second kappa shape index (κ2) is 6.08. The van der Waals surface area contributed by atoms with E-state index in [0.717, 1.165) is 0 Å². The quantitative estimate of drug-likeness (QED) is 0.719. The summed E-state index contributed by atoms with van der Waals surface area (Å²) in [5.74, 6) is -3.62. The highest BCUT2D eigenvalue weighted by molar-refractivity contribution is 6.34. The van der Waals surface area contributed by atoms with Crippen LogP contribution in [-0.2, 0) is 10.3 Å². The number of carbonyl (C=O) groups is 1. The SMILES string of the molecule is NC1=NC2(CCOc3ccc(NC(=O)c4[nH]ncc4Cl)cc32)C(F)(F)CO1. The van der Waals surface area contributed by atoms with Crippen LogP contribution in [0.1, 0.15) is 22.5 Å². The molecule has 1 spiro atoms. The summed E-state index contributed by atoms with van der Waals surface area (Å²) in [5, 5.41) is 8.87. The average molecular weight is 398 g/mol. The maximum atomic E-state index is 14.8. The van der Waals surface area contributed by atoms with Crippen LogP contribution in [0.2, 0.25) is 5.02 Å². The van der Waals surface area contributed by atoms with E-state index in [1.165, 1.54) is 24.4 Å². The number of amides is 1. The first-order chi connectivity index (χ1) is 12.8. The zero-order valence-electron chi connectivity index (χ0n) is 13.8. The van der Waals surface area contributed by atoms with Gasteiger partial charge in [0.05, 0.1) is 17.8 Å². The molecule has 1 unspecified atom stereocenters. The van der Waals surface area contributed by atoms with Crippen LogP contribution in [0.25, 0.3) is 0 Å². The second-order valence-electron chi connectivity index (χ2n) is 6.16. The maximum Gasteiger partial charge on any atom is 0.310 e. The van der Waals surface area contributed by atoms with Crippen LogP contribution in [0, 0.1) is 0 Å². The van der Waals surface area contributed by atoms with Gasteiger partial charge >= 0.3 is 5.92 Å². The van der Waals surface area contributed by atoms with Crippen LogP contribution in [-0.4, -0.2) is 41.3 Å². The molecule has 0 fully saturated rings. The van der Waals surface area contributed by atoms with Gasteiger partial charge in [0.1, 0.15) is 11.4 Å². The molecule has 11 heteroatoms.